The summed E-state index contributed by atoms with van der Waals surface area (Å²) in [5.74, 6) is -1.03. The van der Waals surface area contributed by atoms with Crippen molar-refractivity contribution in [2.45, 2.75) is 25.3 Å². The second-order valence-corrected chi connectivity index (χ2v) is 6.20. The van der Waals surface area contributed by atoms with Crippen molar-refractivity contribution >= 4 is 17.5 Å². The summed E-state index contributed by atoms with van der Waals surface area (Å²) in [6.45, 7) is 0. The molecule has 1 aliphatic rings. The van der Waals surface area contributed by atoms with E-state index in [1.165, 1.54) is 6.07 Å². The Morgan fingerprint density at radius 1 is 1.04 bits per heavy atom. The van der Waals surface area contributed by atoms with Crippen molar-refractivity contribution in [1.82, 2.24) is 5.32 Å². The Kier molecular flexibility index (Phi) is 5.10. The molecule has 1 unspecified atom stereocenters. The van der Waals surface area contributed by atoms with E-state index in [0.29, 0.717) is 17.2 Å². The Morgan fingerprint density at radius 2 is 1.80 bits per heavy atom. The fourth-order valence-electron chi connectivity index (χ4n) is 2.97. The second kappa shape index (κ2) is 7.63. The molecule has 2 N–H and O–H groups in total. The van der Waals surface area contributed by atoms with Crippen LogP contribution in [-0.2, 0) is 9.59 Å². The molecular weight excluding hydrogens is 314 g/mol. The van der Waals surface area contributed by atoms with Crippen molar-refractivity contribution in [1.29, 1.82) is 5.26 Å². The highest BCUT2D eigenvalue weighted by Gasteiger charge is 2.31. The zero-order valence-electron chi connectivity index (χ0n) is 13.7. The molecule has 2 aromatic carbocycles. The summed E-state index contributed by atoms with van der Waals surface area (Å²) < 4.78 is 0. The Labute approximate surface area is 146 Å². The van der Waals surface area contributed by atoms with Crippen LogP contribution in [0, 0.1) is 17.2 Å². The van der Waals surface area contributed by atoms with E-state index in [0.717, 1.165) is 24.8 Å². The summed E-state index contributed by atoms with van der Waals surface area (Å²) in [5.41, 5.74) is 1.87. The van der Waals surface area contributed by atoms with Gasteiger partial charge in [0.1, 0.15) is 0 Å². The number of carbonyl (C=O) groups excluding carboxylic acids is 2. The third-order valence-electron chi connectivity index (χ3n) is 4.52. The molecule has 2 aromatic rings. The standard InChI is InChI=1S/C20H19N3O2/c21-13-14-6-4-11-17(12-14)22-19(24)20(25)23-18(16-9-5-10-16)15-7-2-1-3-8-15/h1-4,6-8,11-12,16,18H,5,9-10H2,(H,22,24)(H,23,25). The maximum absolute atomic E-state index is 12.3. The molecular formula is C20H19N3O2. The molecule has 0 spiro atoms. The molecule has 0 saturated heterocycles. The molecule has 0 aromatic heterocycles. The number of benzene rings is 2. The van der Waals surface area contributed by atoms with Crippen LogP contribution in [0.5, 0.6) is 0 Å². The molecule has 5 heteroatoms. The molecule has 0 aliphatic heterocycles. The molecule has 1 atom stereocenters. The number of hydrogen-bond donors (Lipinski definition) is 2. The summed E-state index contributed by atoms with van der Waals surface area (Å²) in [5, 5.41) is 14.3. The predicted molar refractivity (Wildman–Crippen MR) is 94.5 cm³/mol. The average molecular weight is 333 g/mol. The van der Waals surface area contributed by atoms with E-state index in [1.54, 1.807) is 18.2 Å². The van der Waals surface area contributed by atoms with Crippen LogP contribution in [0.1, 0.15) is 36.4 Å². The highest BCUT2D eigenvalue weighted by atomic mass is 16.2. The largest absolute Gasteiger partial charge is 0.341 e. The lowest BCUT2D eigenvalue weighted by Gasteiger charge is -2.34. The summed E-state index contributed by atoms with van der Waals surface area (Å²) in [7, 11) is 0. The van der Waals surface area contributed by atoms with Gasteiger partial charge in [0.25, 0.3) is 0 Å². The van der Waals surface area contributed by atoms with Crippen molar-refractivity contribution in [3.05, 3.63) is 65.7 Å². The lowest BCUT2D eigenvalue weighted by Crippen LogP contribution is -2.41. The van der Waals surface area contributed by atoms with Crippen LogP contribution in [0.2, 0.25) is 0 Å². The molecule has 5 nitrogen and oxygen atoms in total. The lowest BCUT2D eigenvalue weighted by molar-refractivity contribution is -0.137. The number of carbonyl (C=O) groups is 2. The molecule has 25 heavy (non-hydrogen) atoms. The number of nitriles is 1. The summed E-state index contributed by atoms with van der Waals surface area (Å²) in [6, 6.07) is 18.1. The summed E-state index contributed by atoms with van der Waals surface area (Å²) >= 11 is 0. The molecule has 3 rings (SSSR count). The van der Waals surface area contributed by atoms with E-state index < -0.39 is 11.8 Å². The van der Waals surface area contributed by atoms with E-state index >= 15 is 0 Å². The average Bonchev–Trinajstić information content (AvgIpc) is 2.60. The van der Waals surface area contributed by atoms with Gasteiger partial charge in [-0.25, -0.2) is 0 Å². The normalized spacial score (nSPS) is 14.7. The highest BCUT2D eigenvalue weighted by molar-refractivity contribution is 6.39. The van der Waals surface area contributed by atoms with Crippen LogP contribution in [0.25, 0.3) is 0 Å². The van der Waals surface area contributed by atoms with Crippen molar-refractivity contribution in [2.75, 3.05) is 5.32 Å². The van der Waals surface area contributed by atoms with Gasteiger partial charge >= 0.3 is 11.8 Å². The zero-order chi connectivity index (χ0) is 17.6. The van der Waals surface area contributed by atoms with Crippen molar-refractivity contribution in [2.24, 2.45) is 5.92 Å². The predicted octanol–water partition coefficient (Wildman–Crippen LogP) is 3.15. The van der Waals surface area contributed by atoms with E-state index in [1.807, 2.05) is 36.4 Å². The van der Waals surface area contributed by atoms with Crippen LogP contribution in [-0.4, -0.2) is 11.8 Å². The van der Waals surface area contributed by atoms with Crippen LogP contribution >= 0.6 is 0 Å². The van der Waals surface area contributed by atoms with Gasteiger partial charge in [-0.15, -0.1) is 0 Å². The first-order chi connectivity index (χ1) is 12.2. The van der Waals surface area contributed by atoms with Crippen LogP contribution in [0.3, 0.4) is 0 Å². The quantitative estimate of drug-likeness (QED) is 0.843. The minimum absolute atomic E-state index is 0.154. The van der Waals surface area contributed by atoms with Crippen molar-refractivity contribution in [3.63, 3.8) is 0 Å². The van der Waals surface area contributed by atoms with Gasteiger partial charge in [-0.2, -0.15) is 5.26 Å². The van der Waals surface area contributed by atoms with Gasteiger partial charge in [-0.05, 0) is 42.5 Å². The number of nitrogens with one attached hydrogen (secondary N) is 2. The van der Waals surface area contributed by atoms with E-state index in [4.69, 9.17) is 5.26 Å². The molecule has 1 aliphatic carbocycles. The lowest BCUT2D eigenvalue weighted by atomic mass is 9.77. The minimum atomic E-state index is -0.727. The first-order valence-electron chi connectivity index (χ1n) is 8.34. The Hall–Kier alpha value is -3.13. The molecule has 126 valence electrons. The van der Waals surface area contributed by atoms with Gasteiger partial charge in [-0.3, -0.25) is 9.59 Å². The second-order valence-electron chi connectivity index (χ2n) is 6.20. The van der Waals surface area contributed by atoms with Gasteiger partial charge in [0.2, 0.25) is 0 Å². The highest BCUT2D eigenvalue weighted by Crippen LogP contribution is 2.37. The minimum Gasteiger partial charge on any atom is -0.341 e. The molecule has 0 bridgehead atoms. The van der Waals surface area contributed by atoms with Crippen LogP contribution < -0.4 is 10.6 Å². The van der Waals surface area contributed by atoms with Crippen molar-refractivity contribution < 1.29 is 9.59 Å². The van der Waals surface area contributed by atoms with E-state index in [2.05, 4.69) is 10.6 Å². The fraction of sp³-hybridized carbons (Fsp3) is 0.250. The summed E-state index contributed by atoms with van der Waals surface area (Å²) in [6.07, 6.45) is 3.24. The number of anilines is 1. The van der Waals surface area contributed by atoms with Gasteiger partial charge in [-0.1, -0.05) is 42.8 Å². The first kappa shape index (κ1) is 16.7. The third kappa shape index (κ3) is 4.04. The SMILES string of the molecule is N#Cc1cccc(NC(=O)C(=O)NC(c2ccccc2)C2CCC2)c1. The molecule has 0 heterocycles. The topological polar surface area (TPSA) is 82.0 Å². The zero-order valence-corrected chi connectivity index (χ0v) is 13.7. The summed E-state index contributed by atoms with van der Waals surface area (Å²) in [4.78, 5) is 24.5. The molecule has 1 fully saturated rings. The van der Waals surface area contributed by atoms with Gasteiger partial charge in [0, 0.05) is 5.69 Å². The first-order valence-corrected chi connectivity index (χ1v) is 8.34. The van der Waals surface area contributed by atoms with Gasteiger partial charge in [0.05, 0.1) is 17.7 Å². The number of rotatable bonds is 4. The monoisotopic (exact) mass is 333 g/mol. The fourth-order valence-corrected chi connectivity index (χ4v) is 2.97. The molecule has 1 saturated carbocycles. The smallest absolute Gasteiger partial charge is 0.313 e. The third-order valence-corrected chi connectivity index (χ3v) is 4.52. The Morgan fingerprint density at radius 3 is 2.44 bits per heavy atom. The Balaban J connectivity index is 1.68. The molecule has 2 amide bonds. The van der Waals surface area contributed by atoms with E-state index in [-0.39, 0.29) is 6.04 Å². The van der Waals surface area contributed by atoms with Gasteiger partial charge < -0.3 is 10.6 Å². The maximum Gasteiger partial charge on any atom is 0.313 e. The van der Waals surface area contributed by atoms with Crippen LogP contribution in [0.4, 0.5) is 5.69 Å². The number of amides is 2. The van der Waals surface area contributed by atoms with Crippen LogP contribution in [0.15, 0.2) is 54.6 Å². The number of nitrogens with zero attached hydrogens (tertiary/aromatic N) is 1. The maximum atomic E-state index is 12.3. The Bertz CT molecular complexity index is 807. The van der Waals surface area contributed by atoms with Crippen molar-refractivity contribution in [3.8, 4) is 6.07 Å². The van der Waals surface area contributed by atoms with Gasteiger partial charge in [0.15, 0.2) is 0 Å². The number of hydrogen-bond acceptors (Lipinski definition) is 3. The van der Waals surface area contributed by atoms with E-state index in [9.17, 15) is 9.59 Å². The molecule has 0 radical (unpaired) electrons.